The van der Waals surface area contributed by atoms with Crippen molar-refractivity contribution >= 4 is 0 Å². The highest BCUT2D eigenvalue weighted by atomic mass is 16.5. The summed E-state index contributed by atoms with van der Waals surface area (Å²) in [6.45, 7) is 7.39. The van der Waals surface area contributed by atoms with Gasteiger partial charge in [-0.2, -0.15) is 0 Å². The van der Waals surface area contributed by atoms with E-state index in [-0.39, 0.29) is 5.56 Å². The number of aromatic nitrogens is 3. The van der Waals surface area contributed by atoms with E-state index in [1.54, 1.807) is 13.8 Å². The van der Waals surface area contributed by atoms with Gasteiger partial charge in [0.25, 0.3) is 5.56 Å². The van der Waals surface area contributed by atoms with Crippen LogP contribution in [0.2, 0.25) is 0 Å². The summed E-state index contributed by atoms with van der Waals surface area (Å²) in [4.78, 5) is 19.0. The minimum Gasteiger partial charge on any atom is -0.361 e. The number of nitrogens with zero attached hydrogens (tertiary/aromatic N) is 2. The first-order valence-corrected chi connectivity index (χ1v) is 5.57. The van der Waals surface area contributed by atoms with Gasteiger partial charge in [-0.3, -0.25) is 4.79 Å². The Balaban J connectivity index is 2.69. The molecule has 0 amide bonds. The SMILES string of the molecule is CCc1nc(-c2c(C)noc2C)[nH]c(=O)c1C. The Kier molecular flexibility index (Phi) is 2.83. The average molecular weight is 233 g/mol. The van der Waals surface area contributed by atoms with Crippen LogP contribution in [0.3, 0.4) is 0 Å². The van der Waals surface area contributed by atoms with Gasteiger partial charge in [0.1, 0.15) is 11.6 Å². The van der Waals surface area contributed by atoms with Crippen LogP contribution in [0.4, 0.5) is 0 Å². The first-order valence-electron chi connectivity index (χ1n) is 5.57. The Hall–Kier alpha value is -1.91. The van der Waals surface area contributed by atoms with E-state index in [9.17, 15) is 4.79 Å². The maximum atomic E-state index is 11.8. The van der Waals surface area contributed by atoms with Crippen LogP contribution in [0.25, 0.3) is 11.4 Å². The smallest absolute Gasteiger partial charge is 0.254 e. The maximum absolute atomic E-state index is 11.8. The van der Waals surface area contributed by atoms with Gasteiger partial charge in [0.15, 0.2) is 0 Å². The van der Waals surface area contributed by atoms with Gasteiger partial charge < -0.3 is 9.51 Å². The zero-order chi connectivity index (χ0) is 12.6. The largest absolute Gasteiger partial charge is 0.361 e. The molecule has 0 aliphatic carbocycles. The lowest BCUT2D eigenvalue weighted by Crippen LogP contribution is -2.16. The molecule has 0 bridgehead atoms. The van der Waals surface area contributed by atoms with Gasteiger partial charge in [-0.15, -0.1) is 0 Å². The standard InChI is InChI=1S/C12H15N3O2/c1-5-9-6(2)12(16)14-11(13-9)10-7(3)15-17-8(10)4/h5H2,1-4H3,(H,13,14,16). The summed E-state index contributed by atoms with van der Waals surface area (Å²) in [7, 11) is 0. The predicted octanol–water partition coefficient (Wildman–Crippen LogP) is 1.91. The molecule has 2 rings (SSSR count). The number of nitrogens with one attached hydrogen (secondary N) is 1. The summed E-state index contributed by atoms with van der Waals surface area (Å²) < 4.78 is 5.08. The summed E-state index contributed by atoms with van der Waals surface area (Å²) in [5, 5.41) is 3.86. The van der Waals surface area contributed by atoms with Crippen molar-refractivity contribution < 1.29 is 4.52 Å². The Morgan fingerprint density at radius 3 is 2.53 bits per heavy atom. The van der Waals surface area contributed by atoms with Gasteiger partial charge in [0.2, 0.25) is 0 Å². The van der Waals surface area contributed by atoms with Crippen LogP contribution in [-0.2, 0) is 6.42 Å². The maximum Gasteiger partial charge on any atom is 0.254 e. The van der Waals surface area contributed by atoms with E-state index in [1.807, 2.05) is 13.8 Å². The van der Waals surface area contributed by atoms with E-state index in [2.05, 4.69) is 15.1 Å². The van der Waals surface area contributed by atoms with E-state index in [1.165, 1.54) is 0 Å². The Morgan fingerprint density at radius 2 is 2.00 bits per heavy atom. The van der Waals surface area contributed by atoms with Gasteiger partial charge in [-0.25, -0.2) is 4.98 Å². The van der Waals surface area contributed by atoms with Crippen LogP contribution in [0.15, 0.2) is 9.32 Å². The van der Waals surface area contributed by atoms with Crippen LogP contribution in [0, 0.1) is 20.8 Å². The lowest BCUT2D eigenvalue weighted by Gasteiger charge is -2.05. The number of hydrogen-bond donors (Lipinski definition) is 1. The van der Waals surface area contributed by atoms with Gasteiger partial charge in [0, 0.05) is 5.56 Å². The zero-order valence-corrected chi connectivity index (χ0v) is 10.4. The van der Waals surface area contributed by atoms with E-state index in [0.29, 0.717) is 17.1 Å². The average Bonchev–Trinajstić information content (AvgIpc) is 2.62. The molecule has 0 saturated heterocycles. The molecule has 5 nitrogen and oxygen atoms in total. The second-order valence-corrected chi connectivity index (χ2v) is 4.04. The number of rotatable bonds is 2. The Labute approximate surface area is 98.9 Å². The van der Waals surface area contributed by atoms with Gasteiger partial charge >= 0.3 is 0 Å². The van der Waals surface area contributed by atoms with Crippen molar-refractivity contribution in [1.82, 2.24) is 15.1 Å². The summed E-state index contributed by atoms with van der Waals surface area (Å²) >= 11 is 0. The van der Waals surface area contributed by atoms with E-state index < -0.39 is 0 Å². The van der Waals surface area contributed by atoms with Crippen molar-refractivity contribution in [2.45, 2.75) is 34.1 Å². The van der Waals surface area contributed by atoms with E-state index in [4.69, 9.17) is 4.52 Å². The molecule has 0 fully saturated rings. The third-order valence-electron chi connectivity index (χ3n) is 2.86. The van der Waals surface area contributed by atoms with Gasteiger partial charge in [-0.1, -0.05) is 12.1 Å². The molecule has 0 aromatic carbocycles. The van der Waals surface area contributed by atoms with Crippen molar-refractivity contribution in [2.75, 3.05) is 0 Å². The summed E-state index contributed by atoms with van der Waals surface area (Å²) in [6, 6.07) is 0. The molecule has 2 aromatic heterocycles. The molecule has 0 aliphatic rings. The lowest BCUT2D eigenvalue weighted by molar-refractivity contribution is 0.393. The molecule has 17 heavy (non-hydrogen) atoms. The molecule has 0 spiro atoms. The lowest BCUT2D eigenvalue weighted by atomic mass is 10.1. The Bertz CT molecular complexity index is 591. The minimum atomic E-state index is -0.105. The molecule has 0 atom stereocenters. The highest BCUT2D eigenvalue weighted by molar-refractivity contribution is 5.60. The number of aryl methyl sites for hydroxylation is 3. The van der Waals surface area contributed by atoms with Gasteiger partial charge in [0.05, 0.1) is 17.0 Å². The number of hydrogen-bond acceptors (Lipinski definition) is 4. The molecule has 2 aromatic rings. The van der Waals surface area contributed by atoms with Crippen LogP contribution in [-0.4, -0.2) is 15.1 Å². The molecular weight excluding hydrogens is 218 g/mol. The minimum absolute atomic E-state index is 0.105. The van der Waals surface area contributed by atoms with E-state index >= 15 is 0 Å². The fraction of sp³-hybridized carbons (Fsp3) is 0.417. The van der Waals surface area contributed by atoms with Crippen LogP contribution < -0.4 is 5.56 Å². The molecule has 0 unspecified atom stereocenters. The summed E-state index contributed by atoms with van der Waals surface area (Å²) in [6.07, 6.45) is 0.728. The van der Waals surface area contributed by atoms with Crippen molar-refractivity contribution in [3.63, 3.8) is 0 Å². The second kappa shape index (κ2) is 4.16. The third-order valence-corrected chi connectivity index (χ3v) is 2.86. The molecule has 2 heterocycles. The second-order valence-electron chi connectivity index (χ2n) is 4.04. The first kappa shape index (κ1) is 11.6. The molecule has 1 N–H and O–H groups in total. The molecular formula is C12H15N3O2. The van der Waals surface area contributed by atoms with Crippen molar-refractivity contribution in [1.29, 1.82) is 0 Å². The van der Waals surface area contributed by atoms with Gasteiger partial charge in [-0.05, 0) is 27.2 Å². The quantitative estimate of drug-likeness (QED) is 0.860. The predicted molar refractivity (Wildman–Crippen MR) is 63.9 cm³/mol. The van der Waals surface area contributed by atoms with Crippen molar-refractivity contribution in [2.24, 2.45) is 0 Å². The normalized spacial score (nSPS) is 10.8. The van der Waals surface area contributed by atoms with Crippen LogP contribution in [0.5, 0.6) is 0 Å². The fourth-order valence-electron chi connectivity index (χ4n) is 1.86. The summed E-state index contributed by atoms with van der Waals surface area (Å²) in [5.41, 5.74) is 2.88. The highest BCUT2D eigenvalue weighted by Crippen LogP contribution is 2.23. The molecule has 0 saturated carbocycles. The van der Waals surface area contributed by atoms with Crippen molar-refractivity contribution in [3.05, 3.63) is 33.1 Å². The zero-order valence-electron chi connectivity index (χ0n) is 10.4. The fourth-order valence-corrected chi connectivity index (χ4v) is 1.86. The monoisotopic (exact) mass is 233 g/mol. The van der Waals surface area contributed by atoms with E-state index in [0.717, 1.165) is 23.4 Å². The third kappa shape index (κ3) is 1.88. The number of aromatic amines is 1. The molecule has 5 heteroatoms. The summed E-state index contributed by atoms with van der Waals surface area (Å²) in [5.74, 6) is 1.20. The molecule has 0 aliphatic heterocycles. The highest BCUT2D eigenvalue weighted by Gasteiger charge is 2.15. The van der Waals surface area contributed by atoms with Crippen LogP contribution in [0.1, 0.15) is 29.6 Å². The molecule has 0 radical (unpaired) electrons. The first-order chi connectivity index (χ1) is 8.04. The topological polar surface area (TPSA) is 71.8 Å². The van der Waals surface area contributed by atoms with Crippen LogP contribution >= 0.6 is 0 Å². The number of H-pyrrole nitrogens is 1. The molecule has 90 valence electrons. The van der Waals surface area contributed by atoms with Crippen molar-refractivity contribution in [3.8, 4) is 11.4 Å². The Morgan fingerprint density at radius 1 is 1.29 bits per heavy atom.